The first-order valence-electron chi connectivity index (χ1n) is 8.11. The molecule has 0 fully saturated rings. The summed E-state index contributed by atoms with van der Waals surface area (Å²) in [5, 5.41) is 0.302. The third-order valence-corrected chi connectivity index (χ3v) is 5.10. The summed E-state index contributed by atoms with van der Waals surface area (Å²) in [7, 11) is 0. The van der Waals surface area contributed by atoms with Crippen LogP contribution >= 0.6 is 0 Å². The van der Waals surface area contributed by atoms with Crippen molar-refractivity contribution in [3.05, 3.63) is 81.7 Å². The molecule has 2 heteroatoms. The Morgan fingerprint density at radius 3 is 1.27 bits per heavy atom. The van der Waals surface area contributed by atoms with E-state index in [1.54, 1.807) is 48.5 Å². The van der Waals surface area contributed by atoms with Crippen molar-refractivity contribution in [2.75, 3.05) is 0 Å². The molecule has 0 nitrogen and oxygen atoms in total. The highest BCUT2D eigenvalue weighted by atomic mass is 19.1. The van der Waals surface area contributed by atoms with Gasteiger partial charge in [0, 0.05) is 32.7 Å². The molecule has 120 valence electrons. The van der Waals surface area contributed by atoms with E-state index in [0.29, 0.717) is 33.4 Å². The Morgan fingerprint density at radius 2 is 0.923 bits per heavy atom. The second-order valence-corrected chi connectivity index (χ2v) is 6.26. The molecule has 0 saturated carbocycles. The third-order valence-electron chi connectivity index (χ3n) is 5.10. The van der Waals surface area contributed by atoms with Crippen LogP contribution < -0.4 is 10.4 Å². The van der Waals surface area contributed by atoms with Crippen LogP contribution in [0.5, 0.6) is 0 Å². The van der Waals surface area contributed by atoms with Crippen LogP contribution in [0, 0.1) is 36.3 Å². The highest BCUT2D eigenvalue weighted by molar-refractivity contribution is 6.00. The second kappa shape index (κ2) is 4.94. The van der Waals surface area contributed by atoms with E-state index in [-0.39, 0.29) is 21.6 Å². The maximum atomic E-state index is 15.7. The first kappa shape index (κ1) is 14.7. The maximum Gasteiger partial charge on any atom is 0.141 e. The number of halogens is 2. The molecule has 26 heavy (non-hydrogen) atoms. The molecule has 0 aliphatic heterocycles. The van der Waals surface area contributed by atoms with Gasteiger partial charge in [-0.25, -0.2) is 8.78 Å². The Hall–Kier alpha value is -3.62. The summed E-state index contributed by atoms with van der Waals surface area (Å²) >= 11 is 0. The second-order valence-electron chi connectivity index (χ2n) is 6.26. The van der Waals surface area contributed by atoms with Gasteiger partial charge in [-0.1, -0.05) is 60.4 Å². The van der Waals surface area contributed by atoms with E-state index in [4.69, 9.17) is 12.8 Å². The molecular weight excluding hydrogens is 326 g/mol. The van der Waals surface area contributed by atoms with Gasteiger partial charge in [-0.05, 0) is 22.3 Å². The van der Waals surface area contributed by atoms with Crippen LogP contribution in [0.2, 0.25) is 0 Å². The van der Waals surface area contributed by atoms with E-state index in [1.165, 1.54) is 0 Å². The SMILES string of the molecule is C#CC1=c2c(F)c3c(c(F)c2-c2ccccc21)=C(C#C)c1ccccc1-3. The average Bonchev–Trinajstić information content (AvgIpc) is 3.19. The molecule has 0 aromatic heterocycles. The van der Waals surface area contributed by atoms with E-state index >= 15 is 8.78 Å². The van der Waals surface area contributed by atoms with Crippen LogP contribution in [0.15, 0.2) is 48.5 Å². The van der Waals surface area contributed by atoms with E-state index < -0.39 is 11.6 Å². The molecule has 0 spiro atoms. The van der Waals surface area contributed by atoms with Gasteiger partial charge in [0.25, 0.3) is 0 Å². The highest BCUT2D eigenvalue weighted by Gasteiger charge is 2.32. The van der Waals surface area contributed by atoms with Crippen LogP contribution in [-0.2, 0) is 0 Å². The first-order chi connectivity index (χ1) is 12.7. The van der Waals surface area contributed by atoms with Gasteiger partial charge in [0.05, 0.1) is 0 Å². The maximum absolute atomic E-state index is 15.7. The van der Waals surface area contributed by atoms with E-state index in [2.05, 4.69) is 11.8 Å². The van der Waals surface area contributed by atoms with Gasteiger partial charge in [-0.15, -0.1) is 12.8 Å². The summed E-state index contributed by atoms with van der Waals surface area (Å²) in [6, 6.07) is 14.3. The van der Waals surface area contributed by atoms with Crippen molar-refractivity contribution in [1.82, 2.24) is 0 Å². The number of fused-ring (bicyclic) bond motifs is 6. The minimum Gasteiger partial charge on any atom is -0.206 e. The van der Waals surface area contributed by atoms with Crippen molar-refractivity contribution in [1.29, 1.82) is 0 Å². The molecule has 0 N–H and O–H groups in total. The van der Waals surface area contributed by atoms with E-state index in [9.17, 15) is 0 Å². The van der Waals surface area contributed by atoms with Crippen molar-refractivity contribution >= 4 is 11.1 Å². The number of terminal acetylenes is 2. The predicted molar refractivity (Wildman–Crippen MR) is 99.2 cm³/mol. The monoisotopic (exact) mass is 336 g/mol. The summed E-state index contributed by atoms with van der Waals surface area (Å²) in [6.07, 6.45) is 11.3. The fourth-order valence-corrected chi connectivity index (χ4v) is 4.07. The summed E-state index contributed by atoms with van der Waals surface area (Å²) in [6.45, 7) is 0. The molecule has 0 amide bonds. The van der Waals surface area contributed by atoms with Crippen LogP contribution in [0.1, 0.15) is 11.1 Å². The molecule has 2 aliphatic carbocycles. The van der Waals surface area contributed by atoms with Crippen molar-refractivity contribution < 1.29 is 8.78 Å². The van der Waals surface area contributed by atoms with Crippen molar-refractivity contribution in [2.24, 2.45) is 0 Å². The van der Waals surface area contributed by atoms with Gasteiger partial charge in [0.1, 0.15) is 11.6 Å². The lowest BCUT2D eigenvalue weighted by Crippen LogP contribution is -2.24. The number of rotatable bonds is 0. The fraction of sp³-hybridized carbons (Fsp3) is 0. The van der Waals surface area contributed by atoms with Crippen LogP contribution in [0.4, 0.5) is 8.78 Å². The van der Waals surface area contributed by atoms with Crippen molar-refractivity contribution in [3.8, 4) is 46.9 Å². The average molecular weight is 336 g/mol. The zero-order valence-corrected chi connectivity index (χ0v) is 13.5. The van der Waals surface area contributed by atoms with Crippen molar-refractivity contribution in [2.45, 2.75) is 0 Å². The lowest BCUT2D eigenvalue weighted by atomic mass is 9.99. The lowest BCUT2D eigenvalue weighted by Gasteiger charge is -2.07. The van der Waals surface area contributed by atoms with Gasteiger partial charge >= 0.3 is 0 Å². The molecule has 5 rings (SSSR count). The summed E-state index contributed by atoms with van der Waals surface area (Å²) in [4.78, 5) is 0. The Labute approximate surface area is 149 Å². The molecule has 0 bridgehead atoms. The Balaban J connectivity index is 2.11. The predicted octanol–water partition coefficient (Wildman–Crippen LogP) is 3.59. The molecule has 0 unspecified atom stereocenters. The summed E-state index contributed by atoms with van der Waals surface area (Å²) < 4.78 is 31.4. The molecule has 0 atom stereocenters. The van der Waals surface area contributed by atoms with Gasteiger partial charge < -0.3 is 0 Å². The van der Waals surface area contributed by atoms with E-state index in [1.807, 2.05) is 0 Å². The van der Waals surface area contributed by atoms with Crippen molar-refractivity contribution in [3.63, 3.8) is 0 Å². The molecule has 3 aromatic rings. The van der Waals surface area contributed by atoms with Gasteiger partial charge in [-0.2, -0.15) is 0 Å². The standard InChI is InChI=1S/C24H10F2/c1-3-13-15-9-5-7-11-17(15)21-19(13)23(25)22-18-12-8-6-10-16(18)14(4-2)20(22)24(21)26/h1-2,5-12H. The molecule has 0 radical (unpaired) electrons. The smallest absolute Gasteiger partial charge is 0.141 e. The Kier molecular flexibility index (Phi) is 2.80. The van der Waals surface area contributed by atoms with Gasteiger partial charge in [-0.3, -0.25) is 0 Å². The molecule has 3 aromatic carbocycles. The Morgan fingerprint density at radius 1 is 0.577 bits per heavy atom. The molecule has 2 aliphatic rings. The first-order valence-corrected chi connectivity index (χ1v) is 8.11. The van der Waals surface area contributed by atoms with Crippen LogP contribution in [0.3, 0.4) is 0 Å². The topological polar surface area (TPSA) is 0 Å². The zero-order valence-electron chi connectivity index (χ0n) is 13.5. The normalized spacial score (nSPS) is 12.8. The van der Waals surface area contributed by atoms with Crippen LogP contribution in [0.25, 0.3) is 33.4 Å². The number of hydrogen-bond acceptors (Lipinski definition) is 0. The minimum absolute atomic E-state index is 0.151. The highest BCUT2D eigenvalue weighted by Crippen LogP contribution is 2.38. The fourth-order valence-electron chi connectivity index (χ4n) is 4.07. The molecular formula is C24H10F2. The Bertz CT molecular complexity index is 1250. The number of benzene rings is 3. The summed E-state index contributed by atoms with van der Waals surface area (Å²) in [5.41, 5.74) is 3.69. The molecule has 0 heterocycles. The van der Waals surface area contributed by atoms with Crippen LogP contribution in [-0.4, -0.2) is 0 Å². The molecule has 0 saturated heterocycles. The largest absolute Gasteiger partial charge is 0.206 e. The lowest BCUT2D eigenvalue weighted by molar-refractivity contribution is 0.593. The number of hydrogen-bond donors (Lipinski definition) is 0. The third kappa shape index (κ3) is 1.55. The minimum atomic E-state index is -0.516. The summed E-state index contributed by atoms with van der Waals surface area (Å²) in [5.74, 6) is 4.06. The van der Waals surface area contributed by atoms with E-state index in [0.717, 1.165) is 0 Å². The zero-order chi connectivity index (χ0) is 18.0. The quantitative estimate of drug-likeness (QED) is 0.551. The van der Waals surface area contributed by atoms with Gasteiger partial charge in [0.15, 0.2) is 0 Å². The van der Waals surface area contributed by atoms with Gasteiger partial charge in [0.2, 0.25) is 0 Å².